The molecule has 0 aliphatic rings. The smallest absolute Gasteiger partial charge is 0.108 e. The fourth-order valence-electron chi connectivity index (χ4n) is 1.79. The molecule has 0 aliphatic carbocycles. The van der Waals surface area contributed by atoms with Crippen molar-refractivity contribution in [2.24, 2.45) is 0 Å². The summed E-state index contributed by atoms with van der Waals surface area (Å²) in [7, 11) is 2.10. The molecular weight excluding hydrogens is 232 g/mol. The van der Waals surface area contributed by atoms with E-state index in [0.29, 0.717) is 0 Å². The standard InChI is InChI=1S/C13H18N2OS/c1-15(8-4-5-9-16)10-13-14-11-6-2-3-7-12(11)17-13/h2-3,6-7,16H,4-5,8-10H2,1H3. The zero-order valence-electron chi connectivity index (χ0n) is 10.1. The van der Waals surface area contributed by atoms with Crippen molar-refractivity contribution in [1.29, 1.82) is 0 Å². The first kappa shape index (κ1) is 12.5. The Morgan fingerprint density at radius 2 is 2.12 bits per heavy atom. The molecule has 4 heteroatoms. The number of aromatic nitrogens is 1. The molecule has 0 spiro atoms. The maximum Gasteiger partial charge on any atom is 0.108 e. The van der Waals surface area contributed by atoms with E-state index in [1.165, 1.54) is 4.70 Å². The van der Waals surface area contributed by atoms with Gasteiger partial charge < -0.3 is 5.11 Å². The Morgan fingerprint density at radius 3 is 2.88 bits per heavy atom. The second kappa shape index (κ2) is 6.10. The van der Waals surface area contributed by atoms with Crippen molar-refractivity contribution in [2.45, 2.75) is 19.4 Å². The topological polar surface area (TPSA) is 36.4 Å². The van der Waals surface area contributed by atoms with Crippen LogP contribution in [-0.4, -0.2) is 35.2 Å². The molecule has 0 saturated carbocycles. The number of aliphatic hydroxyl groups is 1. The third-order valence-electron chi connectivity index (χ3n) is 2.69. The highest BCUT2D eigenvalue weighted by Gasteiger charge is 2.05. The quantitative estimate of drug-likeness (QED) is 0.800. The van der Waals surface area contributed by atoms with E-state index in [1.807, 2.05) is 6.07 Å². The summed E-state index contributed by atoms with van der Waals surface area (Å²) in [6, 6.07) is 8.25. The van der Waals surface area contributed by atoms with E-state index in [2.05, 4.69) is 35.1 Å². The number of benzene rings is 1. The molecule has 0 amide bonds. The molecule has 0 bridgehead atoms. The summed E-state index contributed by atoms with van der Waals surface area (Å²) in [5.74, 6) is 0. The van der Waals surface area contributed by atoms with Gasteiger partial charge in [-0.15, -0.1) is 11.3 Å². The average molecular weight is 250 g/mol. The molecule has 1 N–H and O–H groups in total. The van der Waals surface area contributed by atoms with Gasteiger partial charge in [-0.1, -0.05) is 12.1 Å². The van der Waals surface area contributed by atoms with Crippen LogP contribution in [0, 0.1) is 0 Å². The summed E-state index contributed by atoms with van der Waals surface area (Å²) >= 11 is 1.76. The van der Waals surface area contributed by atoms with Gasteiger partial charge >= 0.3 is 0 Å². The summed E-state index contributed by atoms with van der Waals surface area (Å²) in [5.41, 5.74) is 1.09. The summed E-state index contributed by atoms with van der Waals surface area (Å²) in [5, 5.41) is 9.90. The van der Waals surface area contributed by atoms with Crippen LogP contribution in [0.1, 0.15) is 17.8 Å². The van der Waals surface area contributed by atoms with Gasteiger partial charge in [0.25, 0.3) is 0 Å². The molecule has 0 atom stereocenters. The lowest BCUT2D eigenvalue weighted by Crippen LogP contribution is -2.19. The van der Waals surface area contributed by atoms with Crippen LogP contribution in [0.4, 0.5) is 0 Å². The maximum absolute atomic E-state index is 8.74. The van der Waals surface area contributed by atoms with Gasteiger partial charge in [0.2, 0.25) is 0 Å². The largest absolute Gasteiger partial charge is 0.396 e. The number of hydrogen-bond acceptors (Lipinski definition) is 4. The van der Waals surface area contributed by atoms with E-state index >= 15 is 0 Å². The van der Waals surface area contributed by atoms with Crippen molar-refractivity contribution in [3.8, 4) is 0 Å². The van der Waals surface area contributed by atoms with Crippen molar-refractivity contribution in [3.05, 3.63) is 29.3 Å². The number of hydrogen-bond donors (Lipinski definition) is 1. The molecule has 0 fully saturated rings. The monoisotopic (exact) mass is 250 g/mol. The Morgan fingerprint density at radius 1 is 1.29 bits per heavy atom. The van der Waals surface area contributed by atoms with Crippen molar-refractivity contribution in [2.75, 3.05) is 20.2 Å². The highest BCUT2D eigenvalue weighted by molar-refractivity contribution is 7.18. The first-order valence-corrected chi connectivity index (χ1v) is 6.75. The van der Waals surface area contributed by atoms with Gasteiger partial charge in [-0.25, -0.2) is 4.98 Å². The van der Waals surface area contributed by atoms with Gasteiger partial charge in [-0.3, -0.25) is 4.90 Å². The van der Waals surface area contributed by atoms with E-state index in [0.717, 1.165) is 36.5 Å². The Kier molecular flexibility index (Phi) is 4.48. The van der Waals surface area contributed by atoms with Gasteiger partial charge in [0.15, 0.2) is 0 Å². The van der Waals surface area contributed by atoms with E-state index in [9.17, 15) is 0 Å². The molecule has 1 aromatic heterocycles. The van der Waals surface area contributed by atoms with E-state index < -0.39 is 0 Å². The van der Waals surface area contributed by atoms with Crippen LogP contribution >= 0.6 is 11.3 Å². The highest BCUT2D eigenvalue weighted by atomic mass is 32.1. The van der Waals surface area contributed by atoms with E-state index in [1.54, 1.807) is 11.3 Å². The van der Waals surface area contributed by atoms with Crippen molar-refractivity contribution >= 4 is 21.6 Å². The molecule has 0 saturated heterocycles. The minimum atomic E-state index is 0.287. The molecule has 1 heterocycles. The second-order valence-electron chi connectivity index (χ2n) is 4.24. The van der Waals surface area contributed by atoms with Crippen LogP contribution in [0.15, 0.2) is 24.3 Å². The van der Waals surface area contributed by atoms with Crippen LogP contribution in [0.3, 0.4) is 0 Å². The Hall–Kier alpha value is -0.970. The lowest BCUT2D eigenvalue weighted by atomic mass is 10.3. The Labute approximate surface area is 106 Å². The lowest BCUT2D eigenvalue weighted by Gasteiger charge is -2.13. The SMILES string of the molecule is CN(CCCCO)Cc1nc2ccccc2s1. The first-order chi connectivity index (χ1) is 8.29. The zero-order valence-corrected chi connectivity index (χ0v) is 10.9. The Bertz CT molecular complexity index is 436. The van der Waals surface area contributed by atoms with Gasteiger partial charge in [0.05, 0.1) is 16.8 Å². The van der Waals surface area contributed by atoms with Gasteiger partial charge in [-0.05, 0) is 38.6 Å². The number of aliphatic hydroxyl groups excluding tert-OH is 1. The molecule has 92 valence electrons. The van der Waals surface area contributed by atoms with Crippen molar-refractivity contribution in [3.63, 3.8) is 0 Å². The third kappa shape index (κ3) is 3.49. The molecule has 0 aliphatic heterocycles. The summed E-state index contributed by atoms with van der Waals surface area (Å²) in [6.07, 6.45) is 1.92. The molecule has 0 radical (unpaired) electrons. The van der Waals surface area contributed by atoms with Gasteiger partial charge in [-0.2, -0.15) is 0 Å². The van der Waals surface area contributed by atoms with Crippen LogP contribution < -0.4 is 0 Å². The van der Waals surface area contributed by atoms with Crippen molar-refractivity contribution in [1.82, 2.24) is 9.88 Å². The number of para-hydroxylation sites is 1. The normalized spacial score (nSPS) is 11.5. The molecule has 0 unspecified atom stereocenters. The van der Waals surface area contributed by atoms with E-state index in [4.69, 9.17) is 5.11 Å². The fraction of sp³-hybridized carbons (Fsp3) is 0.462. The first-order valence-electron chi connectivity index (χ1n) is 5.93. The number of rotatable bonds is 6. The molecule has 1 aromatic carbocycles. The molecule has 17 heavy (non-hydrogen) atoms. The van der Waals surface area contributed by atoms with Crippen LogP contribution in [0.5, 0.6) is 0 Å². The van der Waals surface area contributed by atoms with Crippen LogP contribution in [0.2, 0.25) is 0 Å². The minimum absolute atomic E-state index is 0.287. The predicted octanol–water partition coefficient (Wildman–Crippen LogP) is 2.50. The highest BCUT2D eigenvalue weighted by Crippen LogP contribution is 2.22. The zero-order chi connectivity index (χ0) is 12.1. The predicted molar refractivity (Wildman–Crippen MR) is 72.3 cm³/mol. The summed E-state index contributed by atoms with van der Waals surface area (Å²) in [6.45, 7) is 2.19. The molecule has 2 aromatic rings. The van der Waals surface area contributed by atoms with Gasteiger partial charge in [0.1, 0.15) is 5.01 Å². The molecule has 3 nitrogen and oxygen atoms in total. The number of thiazole rings is 1. The van der Waals surface area contributed by atoms with Crippen LogP contribution in [-0.2, 0) is 6.54 Å². The number of unbranched alkanes of at least 4 members (excludes halogenated alkanes) is 1. The lowest BCUT2D eigenvalue weighted by molar-refractivity contribution is 0.261. The number of fused-ring (bicyclic) bond motifs is 1. The average Bonchev–Trinajstić information content (AvgIpc) is 2.71. The van der Waals surface area contributed by atoms with E-state index in [-0.39, 0.29) is 6.61 Å². The minimum Gasteiger partial charge on any atom is -0.396 e. The fourth-order valence-corrected chi connectivity index (χ4v) is 2.84. The maximum atomic E-state index is 8.74. The molecule has 2 rings (SSSR count). The summed E-state index contributed by atoms with van der Waals surface area (Å²) in [4.78, 5) is 6.87. The van der Waals surface area contributed by atoms with Crippen molar-refractivity contribution < 1.29 is 5.11 Å². The summed E-state index contributed by atoms with van der Waals surface area (Å²) < 4.78 is 1.26. The van der Waals surface area contributed by atoms with Gasteiger partial charge in [0, 0.05) is 6.61 Å². The Balaban J connectivity index is 1.93. The second-order valence-corrected chi connectivity index (χ2v) is 5.36. The molecular formula is C13H18N2OS. The third-order valence-corrected chi connectivity index (χ3v) is 3.71. The van der Waals surface area contributed by atoms with Crippen LogP contribution in [0.25, 0.3) is 10.2 Å². The number of nitrogens with zero attached hydrogens (tertiary/aromatic N) is 2.